The molecule has 10 rings (SSSR count). The van der Waals surface area contributed by atoms with Gasteiger partial charge in [-0.05, 0) is 58.7 Å². The van der Waals surface area contributed by atoms with E-state index in [4.69, 9.17) is 30.6 Å². The lowest BCUT2D eigenvalue weighted by Gasteiger charge is -2.09. The number of rotatable bonds is 5. The summed E-state index contributed by atoms with van der Waals surface area (Å²) in [5, 5.41) is 3.53. The molecule has 0 saturated carbocycles. The van der Waals surface area contributed by atoms with Crippen molar-refractivity contribution in [2.75, 3.05) is 0 Å². The largest absolute Gasteiger partial charge is 0.456 e. The predicted octanol–water partition coefficient (Wildman–Crippen LogP) is 12.0. The van der Waals surface area contributed by atoms with E-state index >= 15 is 0 Å². The third kappa shape index (κ3) is 4.67. The Hall–Kier alpha value is -6.85. The number of benzene rings is 7. The molecule has 0 spiro atoms. The molecule has 50 heavy (non-hydrogen) atoms. The Balaban J connectivity index is 1.19. The first-order valence-corrected chi connectivity index (χ1v) is 16.2. The first kappa shape index (κ1) is 23.5. The number of nitrogens with zero attached hydrogens (tertiary/aromatic N) is 3. The zero-order valence-electron chi connectivity index (χ0n) is 31.4. The van der Waals surface area contributed by atoms with E-state index in [0.29, 0.717) is 45.4 Å². The minimum absolute atomic E-state index is 0.103. The average molecular weight is 647 g/mol. The molecule has 0 amide bonds. The fraction of sp³-hybridized carbons (Fsp3) is 0. The van der Waals surface area contributed by atoms with Gasteiger partial charge in [-0.3, -0.25) is 0 Å². The summed E-state index contributed by atoms with van der Waals surface area (Å²) >= 11 is 0. The minimum atomic E-state index is -0.441. The van der Waals surface area contributed by atoms with Gasteiger partial charge in [-0.25, -0.2) is 15.0 Å². The Labute approximate surface area is 294 Å². The molecule has 0 aliphatic heterocycles. The highest BCUT2D eigenvalue weighted by Gasteiger charge is 2.20. The van der Waals surface area contributed by atoms with Crippen LogP contribution >= 0.6 is 0 Å². The highest BCUT2D eigenvalue weighted by Crippen LogP contribution is 2.42. The van der Waals surface area contributed by atoms with Crippen molar-refractivity contribution in [2.24, 2.45) is 0 Å². The molecule has 0 fully saturated rings. The molecule has 0 N–H and O–H groups in total. The topological polar surface area (TPSA) is 65.0 Å². The average Bonchev–Trinajstić information content (AvgIpc) is 3.80. The van der Waals surface area contributed by atoms with Crippen LogP contribution in [-0.2, 0) is 0 Å². The van der Waals surface area contributed by atoms with Crippen LogP contribution in [-0.4, -0.2) is 15.0 Å². The smallest absolute Gasteiger partial charge is 0.167 e. The van der Waals surface area contributed by atoms with Crippen molar-refractivity contribution in [3.63, 3.8) is 0 Å². The Bertz CT molecular complexity index is 3070. The molecule has 3 aromatic heterocycles. The van der Waals surface area contributed by atoms with Crippen molar-refractivity contribution in [3.05, 3.63) is 164 Å². The van der Waals surface area contributed by atoms with Gasteiger partial charge >= 0.3 is 0 Å². The van der Waals surface area contributed by atoms with Gasteiger partial charge in [-0.2, -0.15) is 0 Å². The van der Waals surface area contributed by atoms with Gasteiger partial charge in [0.1, 0.15) is 22.3 Å². The van der Waals surface area contributed by atoms with Gasteiger partial charge in [-0.15, -0.1) is 0 Å². The van der Waals surface area contributed by atoms with E-state index in [1.165, 1.54) is 0 Å². The Morgan fingerprint density at radius 2 is 1.06 bits per heavy atom. The summed E-state index contributed by atoms with van der Waals surface area (Å²) in [7, 11) is 0. The van der Waals surface area contributed by atoms with Crippen LogP contribution < -0.4 is 0 Å². The maximum atomic E-state index is 8.72. The SMILES string of the molecule is [2H]c1c([2H])c([2H])c(-c2cc(-c3ccc4c(c3)oc3c(-c5nc(-c6ccccc6)nc(-c6ccccc6)n5)cccc34)c3c(c2)oc2ccccc23)c([2H])c1[2H]. The molecule has 7 aromatic carbocycles. The molecular formula is C45H27N3O2. The Kier molecular flexibility index (Phi) is 5.35. The summed E-state index contributed by atoms with van der Waals surface area (Å²) in [5.74, 6) is 1.58. The lowest BCUT2D eigenvalue weighted by Crippen LogP contribution is -2.00. The number of hydrogen-bond acceptors (Lipinski definition) is 5. The van der Waals surface area contributed by atoms with Crippen LogP contribution in [0.4, 0.5) is 0 Å². The zero-order valence-corrected chi connectivity index (χ0v) is 26.4. The summed E-state index contributed by atoms with van der Waals surface area (Å²) in [4.78, 5) is 14.8. The summed E-state index contributed by atoms with van der Waals surface area (Å²) in [6.07, 6.45) is 0. The summed E-state index contributed by atoms with van der Waals surface area (Å²) < 4.78 is 55.3. The van der Waals surface area contributed by atoms with Gasteiger partial charge in [0.25, 0.3) is 0 Å². The van der Waals surface area contributed by atoms with Crippen LogP contribution in [0.3, 0.4) is 0 Å². The second-order valence-corrected chi connectivity index (χ2v) is 12.0. The number of furan rings is 2. The summed E-state index contributed by atoms with van der Waals surface area (Å²) in [6, 6.07) is 41.1. The number of aromatic nitrogens is 3. The molecule has 0 unspecified atom stereocenters. The predicted molar refractivity (Wildman–Crippen MR) is 202 cm³/mol. The van der Waals surface area contributed by atoms with Crippen LogP contribution in [0.5, 0.6) is 0 Å². The molecule has 0 bridgehead atoms. The monoisotopic (exact) mass is 646 g/mol. The second kappa shape index (κ2) is 11.4. The molecule has 5 heteroatoms. The van der Waals surface area contributed by atoms with Crippen molar-refractivity contribution < 1.29 is 15.7 Å². The second-order valence-electron chi connectivity index (χ2n) is 12.0. The first-order chi connectivity index (χ1) is 26.8. The normalized spacial score (nSPS) is 13.0. The highest BCUT2D eigenvalue weighted by molar-refractivity contribution is 6.15. The third-order valence-corrected chi connectivity index (χ3v) is 9.02. The van der Waals surface area contributed by atoms with E-state index in [2.05, 4.69) is 0 Å². The highest BCUT2D eigenvalue weighted by atomic mass is 16.3. The maximum absolute atomic E-state index is 8.72. The molecule has 0 atom stereocenters. The molecule has 0 radical (unpaired) electrons. The Morgan fingerprint density at radius 3 is 1.82 bits per heavy atom. The van der Waals surface area contributed by atoms with Crippen molar-refractivity contribution in [2.45, 2.75) is 0 Å². The standard InChI is InChI=1S/C45H27N3O2/c1-4-13-28(14-5-1)32-25-37(41-35-19-10-11-22-38(35)49-40(41)27-32)31-23-24-33-34-20-12-21-36(42(34)50-39(33)26-31)45-47-43(29-15-6-2-7-16-29)46-44(48-45)30-17-8-3-9-18-30/h1-27H/i1D,4D,5D,13D,14D. The van der Waals surface area contributed by atoms with Crippen molar-refractivity contribution in [1.82, 2.24) is 15.0 Å². The molecule has 10 aromatic rings. The molecule has 234 valence electrons. The fourth-order valence-electron chi connectivity index (χ4n) is 6.69. The van der Waals surface area contributed by atoms with E-state index in [0.717, 1.165) is 49.4 Å². The lowest BCUT2D eigenvalue weighted by atomic mass is 9.94. The van der Waals surface area contributed by atoms with Crippen molar-refractivity contribution >= 4 is 43.9 Å². The van der Waals surface area contributed by atoms with Crippen molar-refractivity contribution in [3.8, 4) is 56.4 Å². The van der Waals surface area contributed by atoms with Gasteiger partial charge < -0.3 is 8.83 Å². The van der Waals surface area contributed by atoms with Crippen LogP contribution in [0.2, 0.25) is 0 Å². The van der Waals surface area contributed by atoms with Crippen LogP contribution in [0, 0.1) is 0 Å². The quantitative estimate of drug-likeness (QED) is 0.186. The van der Waals surface area contributed by atoms with Crippen LogP contribution in [0.15, 0.2) is 173 Å². The van der Waals surface area contributed by atoms with E-state index in [9.17, 15) is 0 Å². The van der Waals surface area contributed by atoms with Crippen LogP contribution in [0.1, 0.15) is 6.85 Å². The minimum Gasteiger partial charge on any atom is -0.456 e. The van der Waals surface area contributed by atoms with Gasteiger partial charge in [0, 0.05) is 32.7 Å². The van der Waals surface area contributed by atoms with Gasteiger partial charge in [0.05, 0.1) is 12.4 Å². The Morgan fingerprint density at radius 1 is 0.400 bits per heavy atom. The first-order valence-electron chi connectivity index (χ1n) is 18.7. The van der Waals surface area contributed by atoms with Crippen LogP contribution in [0.25, 0.3) is 100 Å². The van der Waals surface area contributed by atoms with E-state index in [-0.39, 0.29) is 17.6 Å². The van der Waals surface area contributed by atoms with Gasteiger partial charge in [0.2, 0.25) is 0 Å². The van der Waals surface area contributed by atoms with E-state index < -0.39 is 18.1 Å². The van der Waals surface area contributed by atoms with Gasteiger partial charge in [0.15, 0.2) is 17.5 Å². The fourth-order valence-corrected chi connectivity index (χ4v) is 6.69. The van der Waals surface area contributed by atoms with E-state index in [1.54, 1.807) is 6.07 Å². The number of hydrogen-bond donors (Lipinski definition) is 0. The number of para-hydroxylation sites is 2. The lowest BCUT2D eigenvalue weighted by molar-refractivity contribution is 0.668. The molecule has 5 nitrogen and oxygen atoms in total. The molecular weight excluding hydrogens is 615 g/mol. The molecule has 0 saturated heterocycles. The van der Waals surface area contributed by atoms with E-state index in [1.807, 2.05) is 127 Å². The molecule has 3 heterocycles. The molecule has 0 aliphatic carbocycles. The summed E-state index contributed by atoms with van der Waals surface area (Å²) in [6.45, 7) is 0. The zero-order chi connectivity index (χ0) is 37.4. The number of fused-ring (bicyclic) bond motifs is 6. The maximum Gasteiger partial charge on any atom is 0.167 e. The van der Waals surface area contributed by atoms with Gasteiger partial charge in [-0.1, -0.05) is 127 Å². The molecule has 0 aliphatic rings. The third-order valence-electron chi connectivity index (χ3n) is 9.02. The van der Waals surface area contributed by atoms with Crippen molar-refractivity contribution in [1.29, 1.82) is 0 Å². The summed E-state index contributed by atoms with van der Waals surface area (Å²) in [5.41, 5.74) is 7.05.